The highest BCUT2D eigenvalue weighted by molar-refractivity contribution is 5.94. The van der Waals surface area contributed by atoms with E-state index in [4.69, 9.17) is 0 Å². The first kappa shape index (κ1) is 12.7. The quantitative estimate of drug-likeness (QED) is 0.832. The summed E-state index contributed by atoms with van der Waals surface area (Å²) in [5.74, 6) is 0.118. The number of hydrogen-bond donors (Lipinski definition) is 0. The Hall–Kier alpha value is -2.29. The fourth-order valence-corrected chi connectivity index (χ4v) is 2.72. The molecule has 3 heteroatoms. The summed E-state index contributed by atoms with van der Waals surface area (Å²) in [6.07, 6.45) is 0.936. The Balaban J connectivity index is 1.92. The van der Waals surface area contributed by atoms with Crippen LogP contribution in [0.3, 0.4) is 0 Å². The largest absolute Gasteiger partial charge is 0.345 e. The number of nitrogens with zero attached hydrogens (tertiary/aromatic N) is 2. The lowest BCUT2D eigenvalue weighted by Crippen LogP contribution is -2.25. The molecule has 3 nitrogen and oxygen atoms in total. The number of carbonyl (C=O) groups is 1. The monoisotopic (exact) mass is 266 g/mol. The van der Waals surface area contributed by atoms with Gasteiger partial charge in [-0.25, -0.2) is 0 Å². The van der Waals surface area contributed by atoms with Crippen LogP contribution in [0, 0.1) is 0 Å². The van der Waals surface area contributed by atoms with Crippen LogP contribution in [0.25, 0.3) is 0 Å². The zero-order chi connectivity index (χ0) is 14.1. The summed E-state index contributed by atoms with van der Waals surface area (Å²) in [4.78, 5) is 15.6. The second-order valence-electron chi connectivity index (χ2n) is 5.13. The van der Waals surface area contributed by atoms with Gasteiger partial charge in [0.2, 0.25) is 5.91 Å². The first-order valence-corrected chi connectivity index (χ1v) is 6.86. The van der Waals surface area contributed by atoms with Gasteiger partial charge in [0.15, 0.2) is 0 Å². The van der Waals surface area contributed by atoms with Gasteiger partial charge in [-0.15, -0.1) is 0 Å². The molecule has 0 N–H and O–H groups in total. The number of para-hydroxylation sites is 1. The molecule has 0 aliphatic carbocycles. The molecule has 0 radical (unpaired) electrons. The first-order chi connectivity index (χ1) is 9.66. The van der Waals surface area contributed by atoms with Gasteiger partial charge in [0.25, 0.3) is 0 Å². The van der Waals surface area contributed by atoms with Crippen LogP contribution in [0.15, 0.2) is 48.5 Å². The van der Waals surface area contributed by atoms with Crippen LogP contribution in [0.2, 0.25) is 0 Å². The molecule has 0 unspecified atom stereocenters. The normalized spacial score (nSPS) is 13.2. The molecule has 2 aromatic rings. The highest BCUT2D eigenvalue weighted by atomic mass is 16.2. The van der Waals surface area contributed by atoms with Crippen molar-refractivity contribution in [2.24, 2.45) is 0 Å². The molecule has 0 atom stereocenters. The molecule has 1 aliphatic heterocycles. The molecule has 0 fully saturated rings. The summed E-state index contributed by atoms with van der Waals surface area (Å²) in [5.41, 5.74) is 4.62. The average Bonchev–Trinajstić information content (AvgIpc) is 2.90. The van der Waals surface area contributed by atoms with E-state index in [2.05, 4.69) is 42.3 Å². The minimum Gasteiger partial charge on any atom is -0.345 e. The molecule has 2 aromatic carbocycles. The van der Waals surface area contributed by atoms with E-state index in [9.17, 15) is 4.79 Å². The van der Waals surface area contributed by atoms with Crippen molar-refractivity contribution in [3.05, 3.63) is 54.1 Å². The van der Waals surface area contributed by atoms with E-state index in [0.29, 0.717) is 0 Å². The van der Waals surface area contributed by atoms with Crippen LogP contribution < -0.4 is 9.80 Å². The third-order valence-electron chi connectivity index (χ3n) is 3.87. The smallest absolute Gasteiger partial charge is 0.223 e. The standard InChI is InChI=1S/C17H18N2O/c1-13(20)19-11-10-14-12-16(8-9-17(14)19)18(2)15-6-4-3-5-7-15/h3-9,12H,10-11H2,1-2H3. The minimum absolute atomic E-state index is 0.118. The second kappa shape index (κ2) is 5.00. The maximum absolute atomic E-state index is 11.6. The van der Waals surface area contributed by atoms with Gasteiger partial charge in [-0.2, -0.15) is 0 Å². The van der Waals surface area contributed by atoms with Gasteiger partial charge in [0, 0.05) is 37.6 Å². The Morgan fingerprint density at radius 1 is 1.10 bits per heavy atom. The molecule has 3 rings (SSSR count). The van der Waals surface area contributed by atoms with Crippen molar-refractivity contribution in [2.45, 2.75) is 13.3 Å². The summed E-state index contributed by atoms with van der Waals surface area (Å²) in [6, 6.07) is 16.6. The summed E-state index contributed by atoms with van der Waals surface area (Å²) in [5, 5.41) is 0. The molecular formula is C17H18N2O. The van der Waals surface area contributed by atoms with Crippen LogP contribution in [0.1, 0.15) is 12.5 Å². The Morgan fingerprint density at radius 3 is 2.55 bits per heavy atom. The minimum atomic E-state index is 0.118. The molecule has 0 bridgehead atoms. The molecule has 0 aromatic heterocycles. The van der Waals surface area contributed by atoms with Crippen molar-refractivity contribution in [3.8, 4) is 0 Å². The summed E-state index contributed by atoms with van der Waals surface area (Å²) < 4.78 is 0. The molecule has 1 aliphatic rings. The van der Waals surface area contributed by atoms with Crippen LogP contribution in [-0.4, -0.2) is 19.5 Å². The third-order valence-corrected chi connectivity index (χ3v) is 3.87. The van der Waals surface area contributed by atoms with E-state index in [1.807, 2.05) is 23.1 Å². The van der Waals surface area contributed by atoms with Crippen LogP contribution >= 0.6 is 0 Å². The maximum atomic E-state index is 11.6. The highest BCUT2D eigenvalue weighted by Crippen LogP contribution is 2.33. The van der Waals surface area contributed by atoms with E-state index < -0.39 is 0 Å². The molecular weight excluding hydrogens is 248 g/mol. The topological polar surface area (TPSA) is 23.6 Å². The fourth-order valence-electron chi connectivity index (χ4n) is 2.72. The lowest BCUT2D eigenvalue weighted by Gasteiger charge is -2.21. The van der Waals surface area contributed by atoms with E-state index in [1.54, 1.807) is 6.92 Å². The van der Waals surface area contributed by atoms with E-state index in [1.165, 1.54) is 5.56 Å². The Bertz CT molecular complexity index is 637. The number of carbonyl (C=O) groups excluding carboxylic acids is 1. The van der Waals surface area contributed by atoms with Crippen molar-refractivity contribution < 1.29 is 4.79 Å². The molecule has 20 heavy (non-hydrogen) atoms. The van der Waals surface area contributed by atoms with Gasteiger partial charge in [-0.05, 0) is 42.3 Å². The van der Waals surface area contributed by atoms with Crippen molar-refractivity contribution in [3.63, 3.8) is 0 Å². The lowest BCUT2D eigenvalue weighted by atomic mass is 10.1. The Labute approximate surface area is 119 Å². The van der Waals surface area contributed by atoms with E-state index in [-0.39, 0.29) is 5.91 Å². The highest BCUT2D eigenvalue weighted by Gasteiger charge is 2.22. The number of anilines is 3. The predicted molar refractivity (Wildman–Crippen MR) is 82.7 cm³/mol. The third kappa shape index (κ3) is 2.16. The molecule has 1 amide bonds. The zero-order valence-corrected chi connectivity index (χ0v) is 11.8. The van der Waals surface area contributed by atoms with Crippen molar-refractivity contribution in [1.29, 1.82) is 0 Å². The maximum Gasteiger partial charge on any atom is 0.223 e. The van der Waals surface area contributed by atoms with Crippen LogP contribution in [-0.2, 0) is 11.2 Å². The fraction of sp³-hybridized carbons (Fsp3) is 0.235. The number of fused-ring (bicyclic) bond motifs is 1. The first-order valence-electron chi connectivity index (χ1n) is 6.86. The van der Waals surface area contributed by atoms with Gasteiger partial charge < -0.3 is 9.80 Å². The molecule has 0 saturated heterocycles. The summed E-state index contributed by atoms with van der Waals surface area (Å²) in [7, 11) is 2.06. The Kier molecular flexibility index (Phi) is 3.18. The predicted octanol–water partition coefficient (Wildman–Crippen LogP) is 3.36. The van der Waals surface area contributed by atoms with Crippen LogP contribution in [0.4, 0.5) is 17.1 Å². The molecule has 1 heterocycles. The van der Waals surface area contributed by atoms with E-state index in [0.717, 1.165) is 30.0 Å². The van der Waals surface area contributed by atoms with Crippen molar-refractivity contribution in [2.75, 3.05) is 23.4 Å². The zero-order valence-electron chi connectivity index (χ0n) is 11.8. The van der Waals surface area contributed by atoms with Crippen molar-refractivity contribution >= 4 is 23.0 Å². The van der Waals surface area contributed by atoms with Crippen molar-refractivity contribution in [1.82, 2.24) is 0 Å². The number of amides is 1. The van der Waals surface area contributed by atoms with Gasteiger partial charge in [0.1, 0.15) is 0 Å². The van der Waals surface area contributed by atoms with Crippen LogP contribution in [0.5, 0.6) is 0 Å². The average molecular weight is 266 g/mol. The number of hydrogen-bond acceptors (Lipinski definition) is 2. The van der Waals surface area contributed by atoms with Gasteiger partial charge >= 0.3 is 0 Å². The molecule has 0 spiro atoms. The van der Waals surface area contributed by atoms with Gasteiger partial charge in [-0.1, -0.05) is 18.2 Å². The molecule has 0 saturated carbocycles. The molecule has 102 valence electrons. The van der Waals surface area contributed by atoms with Gasteiger partial charge in [0.05, 0.1) is 0 Å². The summed E-state index contributed by atoms with van der Waals surface area (Å²) in [6.45, 7) is 2.42. The van der Waals surface area contributed by atoms with Gasteiger partial charge in [-0.3, -0.25) is 4.79 Å². The number of benzene rings is 2. The lowest BCUT2D eigenvalue weighted by molar-refractivity contribution is -0.116. The van der Waals surface area contributed by atoms with E-state index >= 15 is 0 Å². The number of rotatable bonds is 2. The second-order valence-corrected chi connectivity index (χ2v) is 5.13. The Morgan fingerprint density at radius 2 is 1.85 bits per heavy atom. The SMILES string of the molecule is CC(=O)N1CCc2cc(N(C)c3ccccc3)ccc21. The summed E-state index contributed by atoms with van der Waals surface area (Å²) >= 11 is 0.